The fourth-order valence-electron chi connectivity index (χ4n) is 1.44. The lowest BCUT2D eigenvalue weighted by Crippen LogP contribution is -2.28. The summed E-state index contributed by atoms with van der Waals surface area (Å²) in [6.45, 7) is 2.79. The molecule has 0 spiro atoms. The molecule has 0 aromatic carbocycles. The highest BCUT2D eigenvalue weighted by molar-refractivity contribution is 9.10. The molecule has 1 heterocycles. The van der Waals surface area contributed by atoms with Gasteiger partial charge in [-0.3, -0.25) is 4.79 Å². The van der Waals surface area contributed by atoms with E-state index in [4.69, 9.17) is 0 Å². The molecule has 0 unspecified atom stereocenters. The fourth-order valence-corrected chi connectivity index (χ4v) is 1.78. The van der Waals surface area contributed by atoms with Crippen LogP contribution < -0.4 is 5.32 Å². The molecule has 0 atom stereocenters. The standard InChI is InChI=1S/C11H16BrN3O/c1-4-5-15(3)11(16)9-6-8(12)7-14-10(9)13-2/h6-7H,4-5H2,1-3H3,(H,13,14). The van der Waals surface area contributed by atoms with Gasteiger partial charge in [0.2, 0.25) is 0 Å². The van der Waals surface area contributed by atoms with Crippen LogP contribution in [0.15, 0.2) is 16.7 Å². The fraction of sp³-hybridized carbons (Fsp3) is 0.455. The molecule has 0 fully saturated rings. The van der Waals surface area contributed by atoms with Gasteiger partial charge < -0.3 is 10.2 Å². The monoisotopic (exact) mass is 285 g/mol. The third-order valence-electron chi connectivity index (χ3n) is 2.23. The highest BCUT2D eigenvalue weighted by atomic mass is 79.9. The molecule has 0 saturated carbocycles. The van der Waals surface area contributed by atoms with E-state index in [0.717, 1.165) is 17.4 Å². The number of anilines is 1. The summed E-state index contributed by atoms with van der Waals surface area (Å²) in [6.07, 6.45) is 2.61. The quantitative estimate of drug-likeness (QED) is 0.924. The third kappa shape index (κ3) is 2.95. The normalized spacial score (nSPS) is 10.0. The van der Waals surface area contributed by atoms with Gasteiger partial charge >= 0.3 is 0 Å². The number of nitrogens with zero attached hydrogens (tertiary/aromatic N) is 2. The van der Waals surface area contributed by atoms with Crippen molar-refractivity contribution in [2.24, 2.45) is 0 Å². The largest absolute Gasteiger partial charge is 0.372 e. The van der Waals surface area contributed by atoms with Gasteiger partial charge in [-0.05, 0) is 28.4 Å². The number of amides is 1. The number of carbonyl (C=O) groups is 1. The van der Waals surface area contributed by atoms with Crippen LogP contribution in [0, 0.1) is 0 Å². The van der Waals surface area contributed by atoms with Crippen LogP contribution in [-0.2, 0) is 0 Å². The Kier molecular flexibility index (Phi) is 4.73. The van der Waals surface area contributed by atoms with E-state index in [-0.39, 0.29) is 5.91 Å². The number of hydrogen-bond donors (Lipinski definition) is 1. The van der Waals surface area contributed by atoms with Gasteiger partial charge in [0, 0.05) is 31.3 Å². The Morgan fingerprint density at radius 3 is 2.88 bits per heavy atom. The van der Waals surface area contributed by atoms with E-state index in [9.17, 15) is 4.79 Å². The second-order valence-electron chi connectivity index (χ2n) is 3.53. The second kappa shape index (κ2) is 5.84. The van der Waals surface area contributed by atoms with Crippen molar-refractivity contribution in [3.63, 3.8) is 0 Å². The maximum Gasteiger partial charge on any atom is 0.257 e. The summed E-state index contributed by atoms with van der Waals surface area (Å²) < 4.78 is 0.805. The summed E-state index contributed by atoms with van der Waals surface area (Å²) in [5, 5.41) is 2.92. The zero-order valence-electron chi connectivity index (χ0n) is 9.75. The average molecular weight is 286 g/mol. The number of hydrogen-bond acceptors (Lipinski definition) is 3. The molecule has 0 radical (unpaired) electrons. The number of pyridine rings is 1. The van der Waals surface area contributed by atoms with Crippen LogP contribution in [0.4, 0.5) is 5.82 Å². The van der Waals surface area contributed by atoms with Crippen LogP contribution >= 0.6 is 15.9 Å². The predicted octanol–water partition coefficient (Wildman–Crippen LogP) is 2.37. The summed E-state index contributed by atoms with van der Waals surface area (Å²) in [4.78, 5) is 17.9. The molecule has 1 rings (SSSR count). The molecule has 0 bridgehead atoms. The van der Waals surface area contributed by atoms with Crippen molar-refractivity contribution >= 4 is 27.7 Å². The molecule has 1 amide bonds. The van der Waals surface area contributed by atoms with Crippen molar-refractivity contribution in [2.45, 2.75) is 13.3 Å². The molecule has 88 valence electrons. The van der Waals surface area contributed by atoms with E-state index in [2.05, 4.69) is 26.2 Å². The first-order valence-corrected chi connectivity index (χ1v) is 5.98. The van der Waals surface area contributed by atoms with Gasteiger partial charge in [0.15, 0.2) is 0 Å². The molecular weight excluding hydrogens is 270 g/mol. The molecule has 16 heavy (non-hydrogen) atoms. The van der Waals surface area contributed by atoms with Gasteiger partial charge in [0.1, 0.15) is 5.82 Å². The van der Waals surface area contributed by atoms with E-state index >= 15 is 0 Å². The van der Waals surface area contributed by atoms with Crippen molar-refractivity contribution in [1.29, 1.82) is 0 Å². The van der Waals surface area contributed by atoms with Gasteiger partial charge in [0.05, 0.1) is 5.56 Å². The Morgan fingerprint density at radius 1 is 1.62 bits per heavy atom. The molecule has 5 heteroatoms. The highest BCUT2D eigenvalue weighted by Gasteiger charge is 2.16. The third-order valence-corrected chi connectivity index (χ3v) is 2.66. The van der Waals surface area contributed by atoms with E-state index in [1.165, 1.54) is 0 Å². The van der Waals surface area contributed by atoms with Crippen LogP contribution in [-0.4, -0.2) is 36.4 Å². The lowest BCUT2D eigenvalue weighted by atomic mass is 10.2. The molecule has 1 aromatic rings. The van der Waals surface area contributed by atoms with Crippen LogP contribution in [0.1, 0.15) is 23.7 Å². The highest BCUT2D eigenvalue weighted by Crippen LogP contribution is 2.19. The number of carbonyl (C=O) groups excluding carboxylic acids is 1. The van der Waals surface area contributed by atoms with Crippen molar-refractivity contribution in [3.8, 4) is 0 Å². The Hall–Kier alpha value is -1.10. The summed E-state index contributed by atoms with van der Waals surface area (Å²) in [5.41, 5.74) is 0.591. The Labute approximate surface area is 104 Å². The van der Waals surface area contributed by atoms with Gasteiger partial charge in [-0.2, -0.15) is 0 Å². The van der Waals surface area contributed by atoms with Crippen molar-refractivity contribution in [2.75, 3.05) is 26.0 Å². The number of aromatic nitrogens is 1. The van der Waals surface area contributed by atoms with Crippen molar-refractivity contribution in [1.82, 2.24) is 9.88 Å². The zero-order valence-corrected chi connectivity index (χ0v) is 11.3. The molecule has 1 N–H and O–H groups in total. The van der Waals surface area contributed by atoms with Gasteiger partial charge in [-0.15, -0.1) is 0 Å². The van der Waals surface area contributed by atoms with E-state index in [1.807, 2.05) is 6.92 Å². The Morgan fingerprint density at radius 2 is 2.31 bits per heavy atom. The summed E-state index contributed by atoms with van der Waals surface area (Å²) in [7, 11) is 3.55. The van der Waals surface area contributed by atoms with Crippen LogP contribution in [0.5, 0.6) is 0 Å². The summed E-state index contributed by atoms with van der Waals surface area (Å²) >= 11 is 3.32. The molecule has 0 aliphatic carbocycles. The average Bonchev–Trinajstić information content (AvgIpc) is 2.28. The number of halogens is 1. The second-order valence-corrected chi connectivity index (χ2v) is 4.44. The smallest absolute Gasteiger partial charge is 0.257 e. The molecule has 0 aliphatic heterocycles. The number of rotatable bonds is 4. The first kappa shape index (κ1) is 13.0. The Balaban J connectivity index is 3.01. The lowest BCUT2D eigenvalue weighted by molar-refractivity contribution is 0.0795. The zero-order chi connectivity index (χ0) is 12.1. The minimum Gasteiger partial charge on any atom is -0.372 e. The van der Waals surface area contributed by atoms with Gasteiger partial charge in [-0.25, -0.2) is 4.98 Å². The topological polar surface area (TPSA) is 45.2 Å². The van der Waals surface area contributed by atoms with E-state index in [0.29, 0.717) is 11.4 Å². The molecule has 0 saturated heterocycles. The maximum atomic E-state index is 12.1. The van der Waals surface area contributed by atoms with Crippen molar-refractivity contribution < 1.29 is 4.79 Å². The van der Waals surface area contributed by atoms with Gasteiger partial charge in [-0.1, -0.05) is 6.92 Å². The Bertz CT molecular complexity index is 381. The molecular formula is C11H16BrN3O. The molecule has 1 aromatic heterocycles. The maximum absolute atomic E-state index is 12.1. The molecule has 0 aliphatic rings. The summed E-state index contributed by atoms with van der Waals surface area (Å²) in [5.74, 6) is 0.594. The SMILES string of the molecule is CCCN(C)C(=O)c1cc(Br)cnc1NC. The van der Waals surface area contributed by atoms with Crippen LogP contribution in [0.2, 0.25) is 0 Å². The summed E-state index contributed by atoms with van der Waals surface area (Å²) in [6, 6.07) is 1.79. The molecule has 4 nitrogen and oxygen atoms in total. The number of nitrogens with one attached hydrogen (secondary N) is 1. The predicted molar refractivity (Wildman–Crippen MR) is 68.7 cm³/mol. The minimum absolute atomic E-state index is 0.0139. The first-order chi connectivity index (χ1) is 7.60. The first-order valence-electron chi connectivity index (χ1n) is 5.19. The van der Waals surface area contributed by atoms with Crippen molar-refractivity contribution in [3.05, 3.63) is 22.3 Å². The lowest BCUT2D eigenvalue weighted by Gasteiger charge is -2.17. The van der Waals surface area contributed by atoms with E-state index < -0.39 is 0 Å². The minimum atomic E-state index is -0.0139. The van der Waals surface area contributed by atoms with Crippen LogP contribution in [0.3, 0.4) is 0 Å². The van der Waals surface area contributed by atoms with Gasteiger partial charge in [0.25, 0.3) is 5.91 Å². The van der Waals surface area contributed by atoms with E-state index in [1.54, 1.807) is 31.3 Å². The van der Waals surface area contributed by atoms with Crippen LogP contribution in [0.25, 0.3) is 0 Å².